The van der Waals surface area contributed by atoms with E-state index in [9.17, 15) is 5.11 Å². The number of phenols is 1. The van der Waals surface area contributed by atoms with Crippen LogP contribution in [0.4, 0.5) is 5.69 Å². The maximum absolute atomic E-state index is 9.76. The van der Waals surface area contributed by atoms with Crippen molar-refractivity contribution in [2.45, 2.75) is 29.9 Å². The Labute approximate surface area is 158 Å². The summed E-state index contributed by atoms with van der Waals surface area (Å²) in [5.74, 6) is 0.966. The van der Waals surface area contributed by atoms with Gasteiger partial charge in [0.15, 0.2) is 0 Å². The molecule has 1 aliphatic rings. The fourth-order valence-electron chi connectivity index (χ4n) is 3.09. The van der Waals surface area contributed by atoms with Crippen LogP contribution in [-0.4, -0.2) is 22.3 Å². The molecule has 1 aliphatic heterocycles. The third-order valence-electron chi connectivity index (χ3n) is 4.53. The summed E-state index contributed by atoms with van der Waals surface area (Å²) in [7, 11) is 1.69. The molecule has 3 rings (SSSR count). The van der Waals surface area contributed by atoms with E-state index >= 15 is 0 Å². The number of hydrogen-bond donors (Lipinski definition) is 2. The van der Waals surface area contributed by atoms with E-state index in [4.69, 9.17) is 16.3 Å². The molecule has 2 atom stereocenters. The van der Waals surface area contributed by atoms with Gasteiger partial charge in [0, 0.05) is 16.5 Å². The summed E-state index contributed by atoms with van der Waals surface area (Å²) in [6, 6.07) is 13.4. The minimum absolute atomic E-state index is 0.0432. The van der Waals surface area contributed by atoms with Crippen LogP contribution in [0.3, 0.4) is 0 Å². The van der Waals surface area contributed by atoms with E-state index in [-0.39, 0.29) is 15.9 Å². The quantitative estimate of drug-likeness (QED) is 0.678. The Kier molecular flexibility index (Phi) is 5.21. The van der Waals surface area contributed by atoms with Gasteiger partial charge < -0.3 is 15.2 Å². The first-order chi connectivity index (χ1) is 11.9. The molecular weight excluding hydrogens is 354 g/mol. The molecule has 2 unspecified atom stereocenters. The number of phenolic OH excluding ortho intramolecular Hbond substituents is 1. The first-order valence-electron chi connectivity index (χ1n) is 8.14. The van der Waals surface area contributed by atoms with E-state index < -0.39 is 0 Å². The molecule has 0 radical (unpaired) electrons. The number of aromatic hydroxyl groups is 1. The van der Waals surface area contributed by atoms with Crippen molar-refractivity contribution in [1.29, 1.82) is 0 Å². The normalized spacial score (nSPS) is 22.8. The van der Waals surface area contributed by atoms with Crippen LogP contribution in [0.1, 0.15) is 18.9 Å². The van der Waals surface area contributed by atoms with Crippen molar-refractivity contribution >= 4 is 29.1 Å². The summed E-state index contributed by atoms with van der Waals surface area (Å²) in [5.41, 5.74) is 3.31. The van der Waals surface area contributed by atoms with Crippen LogP contribution in [0.25, 0.3) is 0 Å². The van der Waals surface area contributed by atoms with Gasteiger partial charge in [0.2, 0.25) is 0 Å². The van der Waals surface area contributed by atoms with Crippen LogP contribution < -0.4 is 10.1 Å². The van der Waals surface area contributed by atoms with E-state index in [1.54, 1.807) is 19.2 Å². The largest absolute Gasteiger partial charge is 0.506 e. The number of benzene rings is 2. The molecule has 5 heteroatoms. The second-order valence-electron chi connectivity index (χ2n) is 6.48. The second kappa shape index (κ2) is 7.22. The fourth-order valence-corrected chi connectivity index (χ4v) is 4.81. The van der Waals surface area contributed by atoms with Crippen molar-refractivity contribution < 1.29 is 9.84 Å². The number of halogens is 1. The summed E-state index contributed by atoms with van der Waals surface area (Å²) < 4.78 is 5.28. The lowest BCUT2D eigenvalue weighted by Crippen LogP contribution is -2.22. The Hall–Kier alpha value is -1.78. The van der Waals surface area contributed by atoms with Gasteiger partial charge in [-0.1, -0.05) is 35.9 Å². The smallest absolute Gasteiger partial charge is 0.136 e. The molecule has 1 heterocycles. The highest BCUT2D eigenvalue weighted by atomic mass is 35.5. The molecule has 0 aromatic heterocycles. The van der Waals surface area contributed by atoms with Gasteiger partial charge in [-0.25, -0.2) is 0 Å². The molecular formula is C20H22ClNO2S. The Morgan fingerprint density at radius 3 is 2.88 bits per heavy atom. The van der Waals surface area contributed by atoms with Crippen molar-refractivity contribution in [2.24, 2.45) is 0 Å². The summed E-state index contributed by atoms with van der Waals surface area (Å²) in [4.78, 5) is 0. The molecule has 1 fully saturated rings. The second-order valence-corrected chi connectivity index (χ2v) is 8.60. The molecule has 25 heavy (non-hydrogen) atoms. The first-order valence-corrected chi connectivity index (χ1v) is 9.39. The minimum atomic E-state index is -0.0432. The van der Waals surface area contributed by atoms with E-state index in [2.05, 4.69) is 31.0 Å². The van der Waals surface area contributed by atoms with Crippen LogP contribution in [0.15, 0.2) is 54.6 Å². The van der Waals surface area contributed by atoms with Crippen LogP contribution in [0.5, 0.6) is 11.5 Å². The number of ether oxygens (including phenoxy) is 1. The lowest BCUT2D eigenvalue weighted by atomic mass is 9.92. The predicted octanol–water partition coefficient (Wildman–Crippen LogP) is 5.49. The molecule has 1 saturated heterocycles. The van der Waals surface area contributed by atoms with Crippen molar-refractivity contribution in [3.63, 3.8) is 0 Å². The molecule has 0 amide bonds. The highest BCUT2D eigenvalue weighted by Crippen LogP contribution is 2.48. The number of rotatable bonds is 5. The number of anilines is 1. The van der Waals surface area contributed by atoms with Crippen LogP contribution >= 0.6 is 23.4 Å². The SMILES string of the molecule is C=C1CC(Nc2ccc(Cl)c(O)c2)SC1(C)Cc1cccc(OC)c1. The molecule has 3 nitrogen and oxygen atoms in total. The van der Waals surface area contributed by atoms with Crippen molar-refractivity contribution in [3.05, 3.63) is 65.2 Å². The van der Waals surface area contributed by atoms with Gasteiger partial charge in [-0.15, -0.1) is 11.8 Å². The van der Waals surface area contributed by atoms with Crippen LogP contribution in [0.2, 0.25) is 5.02 Å². The molecule has 132 valence electrons. The van der Waals surface area contributed by atoms with Crippen molar-refractivity contribution in [1.82, 2.24) is 0 Å². The van der Waals surface area contributed by atoms with Crippen molar-refractivity contribution in [2.75, 3.05) is 12.4 Å². The lowest BCUT2D eigenvalue weighted by molar-refractivity contribution is 0.414. The number of hydrogen-bond acceptors (Lipinski definition) is 4. The van der Waals surface area contributed by atoms with Gasteiger partial charge >= 0.3 is 0 Å². The average Bonchev–Trinajstić information content (AvgIpc) is 2.84. The summed E-state index contributed by atoms with van der Waals surface area (Å²) in [5, 5.41) is 13.8. The maximum Gasteiger partial charge on any atom is 0.136 e. The van der Waals surface area contributed by atoms with E-state index in [0.717, 1.165) is 24.3 Å². The Balaban J connectivity index is 1.71. The Morgan fingerprint density at radius 2 is 2.16 bits per heavy atom. The van der Waals surface area contributed by atoms with E-state index in [0.29, 0.717) is 5.02 Å². The molecule has 2 aromatic carbocycles. The van der Waals surface area contributed by atoms with Crippen LogP contribution in [0, 0.1) is 0 Å². The highest BCUT2D eigenvalue weighted by molar-refractivity contribution is 8.01. The number of methoxy groups -OCH3 is 1. The monoisotopic (exact) mass is 375 g/mol. The van der Waals surface area contributed by atoms with Gasteiger partial charge in [0.1, 0.15) is 11.5 Å². The highest BCUT2D eigenvalue weighted by Gasteiger charge is 2.39. The standard InChI is InChI=1S/C20H22ClNO2S/c1-13-9-19(22-15-7-8-17(21)18(23)11-15)25-20(13,2)12-14-5-4-6-16(10-14)24-3/h4-8,10-11,19,22-23H,1,9,12H2,2-3H3. The summed E-state index contributed by atoms with van der Waals surface area (Å²) >= 11 is 7.74. The van der Waals surface area contributed by atoms with E-state index in [1.807, 2.05) is 30.0 Å². The minimum Gasteiger partial charge on any atom is -0.506 e. The van der Waals surface area contributed by atoms with Gasteiger partial charge in [0.25, 0.3) is 0 Å². The predicted molar refractivity (Wildman–Crippen MR) is 107 cm³/mol. The average molecular weight is 376 g/mol. The molecule has 0 bridgehead atoms. The van der Waals surface area contributed by atoms with Gasteiger partial charge in [-0.2, -0.15) is 0 Å². The Morgan fingerprint density at radius 1 is 1.36 bits per heavy atom. The Bertz CT molecular complexity index is 795. The van der Waals surface area contributed by atoms with Crippen LogP contribution in [-0.2, 0) is 6.42 Å². The molecule has 0 spiro atoms. The maximum atomic E-state index is 9.76. The topological polar surface area (TPSA) is 41.5 Å². The first kappa shape index (κ1) is 18.0. The molecule has 0 saturated carbocycles. The summed E-state index contributed by atoms with van der Waals surface area (Å²) in [6.45, 7) is 6.54. The fraction of sp³-hybridized carbons (Fsp3) is 0.300. The third kappa shape index (κ3) is 4.07. The molecule has 0 aliphatic carbocycles. The zero-order valence-corrected chi connectivity index (χ0v) is 16.0. The van der Waals surface area contributed by atoms with Gasteiger partial charge in [-0.3, -0.25) is 0 Å². The number of nitrogens with one attached hydrogen (secondary N) is 1. The zero-order chi connectivity index (χ0) is 18.0. The summed E-state index contributed by atoms with van der Waals surface area (Å²) in [6.07, 6.45) is 1.78. The molecule has 2 N–H and O–H groups in total. The van der Waals surface area contributed by atoms with Gasteiger partial charge in [-0.05, 0) is 49.6 Å². The lowest BCUT2D eigenvalue weighted by Gasteiger charge is -2.25. The van der Waals surface area contributed by atoms with E-state index in [1.165, 1.54) is 11.1 Å². The third-order valence-corrected chi connectivity index (χ3v) is 6.37. The zero-order valence-electron chi connectivity index (χ0n) is 14.4. The number of thioether (sulfide) groups is 1. The molecule has 2 aromatic rings. The van der Waals surface area contributed by atoms with Gasteiger partial charge in [0.05, 0.1) is 17.5 Å². The van der Waals surface area contributed by atoms with Crippen molar-refractivity contribution in [3.8, 4) is 11.5 Å².